The number of hydrogen-bond acceptors (Lipinski definition) is 4. The summed E-state index contributed by atoms with van der Waals surface area (Å²) in [5.41, 5.74) is 4.01. The van der Waals surface area contributed by atoms with Gasteiger partial charge in [0.05, 0.1) is 6.54 Å². The highest BCUT2D eigenvalue weighted by Crippen LogP contribution is 2.34. The summed E-state index contributed by atoms with van der Waals surface area (Å²) in [5.74, 6) is 1.33. The third kappa shape index (κ3) is 2.23. The van der Waals surface area contributed by atoms with Crippen LogP contribution in [0.5, 0.6) is 0 Å². The summed E-state index contributed by atoms with van der Waals surface area (Å²) in [6, 6.07) is 8.87. The highest BCUT2D eigenvalue weighted by atomic mass is 16.5. The van der Waals surface area contributed by atoms with E-state index in [0.29, 0.717) is 18.5 Å². The second-order valence-corrected chi connectivity index (χ2v) is 5.62. The van der Waals surface area contributed by atoms with E-state index in [0.717, 1.165) is 18.7 Å². The first kappa shape index (κ1) is 12.6. The topological polar surface area (TPSA) is 66.7 Å². The molecule has 0 bridgehead atoms. The predicted molar refractivity (Wildman–Crippen MR) is 79.9 cm³/mol. The van der Waals surface area contributed by atoms with Gasteiger partial charge in [-0.2, -0.15) is 4.98 Å². The molecule has 4 rings (SSSR count). The summed E-state index contributed by atoms with van der Waals surface area (Å²) >= 11 is 0. The molecule has 1 atom stereocenters. The van der Waals surface area contributed by atoms with Gasteiger partial charge in [-0.25, -0.2) is 0 Å². The largest absolute Gasteiger partial charge is 0.357 e. The Morgan fingerprint density at radius 3 is 3.14 bits per heavy atom. The summed E-state index contributed by atoms with van der Waals surface area (Å²) in [6.45, 7) is 2.45. The van der Waals surface area contributed by atoms with Gasteiger partial charge in [0.1, 0.15) is 0 Å². The molecule has 21 heavy (non-hydrogen) atoms. The number of hydrogen-bond donors (Lipinski definition) is 2. The Morgan fingerprint density at radius 2 is 2.29 bits per heavy atom. The lowest BCUT2D eigenvalue weighted by molar-refractivity contribution is 0.380. The average Bonchev–Trinajstić information content (AvgIpc) is 3.09. The molecule has 2 aromatic heterocycles. The maximum Gasteiger partial charge on any atom is 0.223 e. The van der Waals surface area contributed by atoms with Crippen LogP contribution in [0.4, 0.5) is 0 Å². The van der Waals surface area contributed by atoms with Crippen LogP contribution in [0.1, 0.15) is 41.9 Å². The fourth-order valence-electron chi connectivity index (χ4n) is 3.25. The van der Waals surface area contributed by atoms with Crippen molar-refractivity contribution in [3.8, 4) is 0 Å². The van der Waals surface area contributed by atoms with Gasteiger partial charge in [-0.1, -0.05) is 23.4 Å². The van der Waals surface area contributed by atoms with Gasteiger partial charge >= 0.3 is 0 Å². The van der Waals surface area contributed by atoms with E-state index in [1.807, 2.05) is 6.92 Å². The molecule has 108 valence electrons. The zero-order valence-electron chi connectivity index (χ0n) is 12.0. The van der Waals surface area contributed by atoms with Crippen molar-refractivity contribution in [1.29, 1.82) is 0 Å². The molecular formula is C16H18N4O. The zero-order valence-corrected chi connectivity index (χ0v) is 12.0. The van der Waals surface area contributed by atoms with Crippen molar-refractivity contribution in [1.82, 2.24) is 20.4 Å². The Hall–Kier alpha value is -2.14. The number of aromatic nitrogens is 3. The number of benzene rings is 1. The molecule has 0 aliphatic heterocycles. The number of para-hydroxylation sites is 1. The predicted octanol–water partition coefficient (Wildman–Crippen LogP) is 3.03. The Labute approximate surface area is 122 Å². The molecule has 0 fully saturated rings. The lowest BCUT2D eigenvalue weighted by atomic mass is 9.92. The summed E-state index contributed by atoms with van der Waals surface area (Å²) in [5, 5.41) is 8.85. The Kier molecular flexibility index (Phi) is 3.00. The number of nitrogens with one attached hydrogen (secondary N) is 2. The van der Waals surface area contributed by atoms with Crippen LogP contribution >= 0.6 is 0 Å². The lowest BCUT2D eigenvalue weighted by Gasteiger charge is -2.23. The van der Waals surface area contributed by atoms with Crippen molar-refractivity contribution in [3.63, 3.8) is 0 Å². The molecule has 0 radical (unpaired) electrons. The van der Waals surface area contributed by atoms with Crippen molar-refractivity contribution < 1.29 is 4.52 Å². The molecular weight excluding hydrogens is 264 g/mol. The van der Waals surface area contributed by atoms with Crippen molar-refractivity contribution in [2.45, 2.75) is 38.8 Å². The third-order valence-corrected chi connectivity index (χ3v) is 4.19. The van der Waals surface area contributed by atoms with Gasteiger partial charge in [0.2, 0.25) is 5.89 Å². The van der Waals surface area contributed by atoms with Gasteiger partial charge in [0, 0.05) is 29.6 Å². The van der Waals surface area contributed by atoms with Crippen LogP contribution in [0.25, 0.3) is 10.9 Å². The number of aromatic amines is 1. The first-order chi connectivity index (χ1) is 10.3. The molecule has 0 spiro atoms. The third-order valence-electron chi connectivity index (χ3n) is 4.19. The van der Waals surface area contributed by atoms with E-state index in [2.05, 4.69) is 44.7 Å². The maximum atomic E-state index is 5.01. The normalized spacial score (nSPS) is 18.0. The van der Waals surface area contributed by atoms with Crippen LogP contribution in [0.3, 0.4) is 0 Å². The molecule has 2 heterocycles. The van der Waals surface area contributed by atoms with Gasteiger partial charge in [-0.3, -0.25) is 0 Å². The van der Waals surface area contributed by atoms with Crippen LogP contribution < -0.4 is 5.32 Å². The monoisotopic (exact) mass is 282 g/mol. The molecule has 0 saturated carbocycles. The van der Waals surface area contributed by atoms with Crippen molar-refractivity contribution in [3.05, 3.63) is 47.2 Å². The van der Waals surface area contributed by atoms with Crippen molar-refractivity contribution in [2.75, 3.05) is 0 Å². The highest BCUT2D eigenvalue weighted by Gasteiger charge is 2.24. The Balaban J connectivity index is 1.61. The van der Waals surface area contributed by atoms with Gasteiger partial charge in [-0.05, 0) is 30.9 Å². The fraction of sp³-hybridized carbons (Fsp3) is 0.375. The summed E-state index contributed by atoms with van der Waals surface area (Å²) < 4.78 is 5.01. The highest BCUT2D eigenvalue weighted by molar-refractivity contribution is 5.85. The van der Waals surface area contributed by atoms with Gasteiger partial charge < -0.3 is 14.8 Å². The van der Waals surface area contributed by atoms with Crippen LogP contribution in [-0.4, -0.2) is 15.1 Å². The second kappa shape index (κ2) is 5.00. The van der Waals surface area contributed by atoms with E-state index < -0.39 is 0 Å². The van der Waals surface area contributed by atoms with E-state index in [9.17, 15) is 0 Å². The van der Waals surface area contributed by atoms with E-state index in [1.54, 1.807) is 0 Å². The van der Waals surface area contributed by atoms with E-state index in [-0.39, 0.29) is 0 Å². The Bertz CT molecular complexity index is 774. The second-order valence-electron chi connectivity index (χ2n) is 5.62. The number of H-pyrrole nitrogens is 1. The van der Waals surface area contributed by atoms with Gasteiger partial charge in [0.25, 0.3) is 0 Å². The molecule has 5 heteroatoms. The SMILES string of the molecule is Cc1nc(CNC2CCCc3c2[nH]c2ccccc32)no1. The summed E-state index contributed by atoms with van der Waals surface area (Å²) in [7, 11) is 0. The number of nitrogens with zero attached hydrogens (tertiary/aromatic N) is 2. The first-order valence-electron chi connectivity index (χ1n) is 7.43. The molecule has 1 aliphatic rings. The van der Waals surface area contributed by atoms with Crippen LogP contribution in [0.15, 0.2) is 28.8 Å². The van der Waals surface area contributed by atoms with Crippen LogP contribution in [-0.2, 0) is 13.0 Å². The summed E-state index contributed by atoms with van der Waals surface area (Å²) in [6.07, 6.45) is 3.49. The lowest BCUT2D eigenvalue weighted by Crippen LogP contribution is -2.25. The smallest absolute Gasteiger partial charge is 0.223 e. The minimum Gasteiger partial charge on any atom is -0.357 e. The van der Waals surface area contributed by atoms with Gasteiger partial charge in [-0.15, -0.1) is 0 Å². The van der Waals surface area contributed by atoms with Crippen LogP contribution in [0.2, 0.25) is 0 Å². The quantitative estimate of drug-likeness (QED) is 0.775. The number of rotatable bonds is 3. The van der Waals surface area contributed by atoms with Gasteiger partial charge in [0.15, 0.2) is 5.82 Å². The van der Waals surface area contributed by atoms with E-state index >= 15 is 0 Å². The molecule has 3 aromatic rings. The minimum absolute atomic E-state index is 0.333. The minimum atomic E-state index is 0.333. The summed E-state index contributed by atoms with van der Waals surface area (Å²) in [4.78, 5) is 7.82. The average molecular weight is 282 g/mol. The zero-order chi connectivity index (χ0) is 14.2. The molecule has 0 saturated heterocycles. The molecule has 1 aromatic carbocycles. The van der Waals surface area contributed by atoms with Crippen molar-refractivity contribution in [2.24, 2.45) is 0 Å². The number of aryl methyl sites for hydroxylation is 2. The molecule has 1 unspecified atom stereocenters. The first-order valence-corrected chi connectivity index (χ1v) is 7.43. The molecule has 5 nitrogen and oxygen atoms in total. The maximum absolute atomic E-state index is 5.01. The fourth-order valence-corrected chi connectivity index (χ4v) is 3.25. The van der Waals surface area contributed by atoms with E-state index in [1.165, 1.54) is 28.6 Å². The molecule has 1 aliphatic carbocycles. The molecule has 2 N–H and O–H groups in total. The van der Waals surface area contributed by atoms with E-state index in [4.69, 9.17) is 4.52 Å². The van der Waals surface area contributed by atoms with Crippen molar-refractivity contribution >= 4 is 10.9 Å². The Morgan fingerprint density at radius 1 is 1.38 bits per heavy atom. The standard InChI is InChI=1S/C16H18N4O/c1-10-18-15(20-21-10)9-17-14-8-4-6-12-11-5-2-3-7-13(11)19-16(12)14/h2-3,5,7,14,17,19H,4,6,8-9H2,1H3. The molecule has 0 amide bonds. The van der Waals surface area contributed by atoms with Crippen LogP contribution in [0, 0.1) is 6.92 Å². The number of fused-ring (bicyclic) bond motifs is 3.